The Morgan fingerprint density at radius 3 is 3.00 bits per heavy atom. The van der Waals surface area contributed by atoms with Crippen molar-refractivity contribution in [1.82, 2.24) is 4.98 Å². The molecule has 0 amide bonds. The largest absolute Gasteiger partial charge is 0.291 e. The zero-order chi connectivity index (χ0) is 9.52. The second kappa shape index (κ2) is 5.46. The molecule has 1 atom stereocenters. The number of aliphatic imine (C=N–C) groups is 1. The van der Waals surface area contributed by atoms with Crippen LogP contribution in [-0.4, -0.2) is 11.2 Å². The predicted molar refractivity (Wildman–Crippen MR) is 55.9 cm³/mol. The number of aromatic nitrogens is 1. The smallest absolute Gasteiger partial charge is 0.0807 e. The van der Waals surface area contributed by atoms with Crippen molar-refractivity contribution in [2.24, 2.45) is 10.9 Å². The van der Waals surface area contributed by atoms with E-state index in [-0.39, 0.29) is 0 Å². The Hall–Kier alpha value is -1.18. The van der Waals surface area contributed by atoms with Crippen LogP contribution in [0, 0.1) is 5.92 Å². The molecule has 0 spiro atoms. The maximum Gasteiger partial charge on any atom is 0.0807 e. The molecule has 1 rings (SSSR count). The molecule has 1 heterocycles. The molecule has 0 aliphatic carbocycles. The lowest BCUT2D eigenvalue weighted by atomic mass is 10.1. The second-order valence-electron chi connectivity index (χ2n) is 3.20. The number of hydrogen-bond donors (Lipinski definition) is 0. The van der Waals surface area contributed by atoms with Crippen LogP contribution in [0.3, 0.4) is 0 Å². The Labute approximate surface area is 79.7 Å². The van der Waals surface area contributed by atoms with Crippen LogP contribution >= 0.6 is 0 Å². The van der Waals surface area contributed by atoms with E-state index in [1.807, 2.05) is 24.4 Å². The van der Waals surface area contributed by atoms with Gasteiger partial charge in [0.1, 0.15) is 0 Å². The van der Waals surface area contributed by atoms with E-state index in [1.54, 1.807) is 6.20 Å². The summed E-state index contributed by atoms with van der Waals surface area (Å²) >= 11 is 0. The van der Waals surface area contributed by atoms with Crippen molar-refractivity contribution in [3.63, 3.8) is 0 Å². The molecule has 2 heteroatoms. The van der Waals surface area contributed by atoms with Gasteiger partial charge < -0.3 is 0 Å². The lowest BCUT2D eigenvalue weighted by Gasteiger charge is -1.98. The summed E-state index contributed by atoms with van der Waals surface area (Å²) in [6.45, 7) is 5.03. The summed E-state index contributed by atoms with van der Waals surface area (Å²) in [5.41, 5.74) is 1.03. The molecule has 0 radical (unpaired) electrons. The third-order valence-electron chi connectivity index (χ3n) is 1.98. The Kier molecular flexibility index (Phi) is 4.16. The number of pyridine rings is 1. The van der Waals surface area contributed by atoms with Gasteiger partial charge in [0.15, 0.2) is 0 Å². The monoisotopic (exact) mass is 176 g/mol. The Morgan fingerprint density at radius 2 is 2.38 bits per heavy atom. The van der Waals surface area contributed by atoms with Crippen molar-refractivity contribution >= 4 is 6.21 Å². The minimum absolute atomic E-state index is 0.573. The van der Waals surface area contributed by atoms with Crippen molar-refractivity contribution in [2.75, 3.05) is 0 Å². The van der Waals surface area contributed by atoms with Crippen LogP contribution in [0.1, 0.15) is 26.0 Å². The van der Waals surface area contributed by atoms with E-state index < -0.39 is 0 Å². The normalized spacial score (nSPS) is 13.4. The summed E-state index contributed by atoms with van der Waals surface area (Å²) in [6, 6.07) is 5.90. The maximum absolute atomic E-state index is 4.32. The van der Waals surface area contributed by atoms with Gasteiger partial charge in [-0.25, -0.2) is 0 Å². The fourth-order valence-corrected chi connectivity index (χ4v) is 0.923. The number of nitrogens with zero attached hydrogens (tertiary/aromatic N) is 2. The Balaban J connectivity index is 2.39. The Bertz CT molecular complexity index is 254. The first-order valence-corrected chi connectivity index (χ1v) is 4.72. The molecule has 0 fully saturated rings. The van der Waals surface area contributed by atoms with Gasteiger partial charge in [-0.15, -0.1) is 0 Å². The van der Waals surface area contributed by atoms with Gasteiger partial charge in [0.05, 0.1) is 12.2 Å². The summed E-state index contributed by atoms with van der Waals surface area (Å²) in [7, 11) is 0. The molecular weight excluding hydrogens is 160 g/mol. The molecule has 0 saturated carbocycles. The minimum Gasteiger partial charge on any atom is -0.291 e. The molecule has 0 saturated heterocycles. The number of rotatable bonds is 4. The van der Waals surface area contributed by atoms with Crippen LogP contribution in [-0.2, 0) is 6.54 Å². The second-order valence-corrected chi connectivity index (χ2v) is 3.20. The highest BCUT2D eigenvalue weighted by Gasteiger charge is 1.92. The van der Waals surface area contributed by atoms with Crippen LogP contribution in [0.15, 0.2) is 29.4 Å². The lowest BCUT2D eigenvalue weighted by Crippen LogP contribution is -1.94. The topological polar surface area (TPSA) is 25.2 Å². The first kappa shape index (κ1) is 9.90. The summed E-state index contributed by atoms with van der Waals surface area (Å²) in [4.78, 5) is 8.51. The third kappa shape index (κ3) is 3.83. The molecule has 1 aromatic rings. The van der Waals surface area contributed by atoms with E-state index in [0.717, 1.165) is 12.1 Å². The molecule has 1 aromatic heterocycles. The standard InChI is InChI=1S/C11H16N2/c1-3-10(2)8-12-9-11-6-4-5-7-13-11/h4-8,10H,3,9H2,1-2H3. The summed E-state index contributed by atoms with van der Waals surface area (Å²) < 4.78 is 0. The van der Waals surface area contributed by atoms with Crippen molar-refractivity contribution in [2.45, 2.75) is 26.8 Å². The molecule has 0 aliphatic rings. The van der Waals surface area contributed by atoms with Crippen LogP contribution in [0.2, 0.25) is 0 Å². The molecule has 0 N–H and O–H groups in total. The summed E-state index contributed by atoms with van der Waals surface area (Å²) in [6.07, 6.45) is 4.95. The van der Waals surface area contributed by atoms with Gasteiger partial charge in [-0.3, -0.25) is 9.98 Å². The van der Waals surface area contributed by atoms with Crippen molar-refractivity contribution in [1.29, 1.82) is 0 Å². The summed E-state index contributed by atoms with van der Waals surface area (Å²) in [5.74, 6) is 0.573. The van der Waals surface area contributed by atoms with Gasteiger partial charge in [0.25, 0.3) is 0 Å². The summed E-state index contributed by atoms with van der Waals surface area (Å²) in [5, 5.41) is 0. The van der Waals surface area contributed by atoms with Crippen LogP contribution in [0.25, 0.3) is 0 Å². The van der Waals surface area contributed by atoms with Gasteiger partial charge >= 0.3 is 0 Å². The van der Waals surface area contributed by atoms with Crippen LogP contribution in [0.4, 0.5) is 0 Å². The highest BCUT2D eigenvalue weighted by atomic mass is 14.8. The fraction of sp³-hybridized carbons (Fsp3) is 0.455. The molecule has 2 nitrogen and oxygen atoms in total. The van der Waals surface area contributed by atoms with E-state index in [9.17, 15) is 0 Å². The van der Waals surface area contributed by atoms with Crippen molar-refractivity contribution < 1.29 is 0 Å². The van der Waals surface area contributed by atoms with Gasteiger partial charge in [0, 0.05) is 12.4 Å². The zero-order valence-corrected chi connectivity index (χ0v) is 8.27. The molecule has 0 aromatic carbocycles. The highest BCUT2D eigenvalue weighted by Crippen LogP contribution is 1.98. The molecule has 0 bridgehead atoms. The van der Waals surface area contributed by atoms with Crippen molar-refractivity contribution in [3.8, 4) is 0 Å². The predicted octanol–water partition coefficient (Wildman–Crippen LogP) is 2.70. The average molecular weight is 176 g/mol. The molecule has 70 valence electrons. The molecule has 1 unspecified atom stereocenters. The Morgan fingerprint density at radius 1 is 1.54 bits per heavy atom. The van der Waals surface area contributed by atoms with Gasteiger partial charge in [-0.1, -0.05) is 19.9 Å². The maximum atomic E-state index is 4.32. The van der Waals surface area contributed by atoms with E-state index >= 15 is 0 Å². The number of hydrogen-bond acceptors (Lipinski definition) is 2. The van der Waals surface area contributed by atoms with Crippen LogP contribution < -0.4 is 0 Å². The lowest BCUT2D eigenvalue weighted by molar-refractivity contribution is 0.749. The van der Waals surface area contributed by atoms with E-state index in [2.05, 4.69) is 23.8 Å². The first-order valence-electron chi connectivity index (χ1n) is 4.72. The zero-order valence-electron chi connectivity index (χ0n) is 8.27. The third-order valence-corrected chi connectivity index (χ3v) is 1.98. The molecular formula is C11H16N2. The molecule has 13 heavy (non-hydrogen) atoms. The minimum atomic E-state index is 0.573. The first-order chi connectivity index (χ1) is 6.33. The van der Waals surface area contributed by atoms with E-state index in [1.165, 1.54) is 0 Å². The average Bonchev–Trinajstić information content (AvgIpc) is 2.19. The van der Waals surface area contributed by atoms with Gasteiger partial charge in [-0.2, -0.15) is 0 Å². The fourth-order valence-electron chi connectivity index (χ4n) is 0.923. The highest BCUT2D eigenvalue weighted by molar-refractivity contribution is 5.59. The van der Waals surface area contributed by atoms with E-state index in [4.69, 9.17) is 0 Å². The van der Waals surface area contributed by atoms with Gasteiger partial charge in [0.2, 0.25) is 0 Å². The SMILES string of the molecule is CCC(C)C=NCc1ccccn1. The molecule has 0 aliphatic heterocycles. The quantitative estimate of drug-likeness (QED) is 0.647. The van der Waals surface area contributed by atoms with Crippen molar-refractivity contribution in [3.05, 3.63) is 30.1 Å². The van der Waals surface area contributed by atoms with Crippen LogP contribution in [0.5, 0.6) is 0 Å². The van der Waals surface area contributed by atoms with Gasteiger partial charge in [-0.05, 0) is 24.5 Å². The van der Waals surface area contributed by atoms with E-state index in [0.29, 0.717) is 12.5 Å².